The predicted octanol–water partition coefficient (Wildman–Crippen LogP) is 5.78. The summed E-state index contributed by atoms with van der Waals surface area (Å²) in [5.41, 5.74) is 1.41. The maximum absolute atomic E-state index is 12.0. The van der Waals surface area contributed by atoms with Gasteiger partial charge in [0.2, 0.25) is 0 Å². The summed E-state index contributed by atoms with van der Waals surface area (Å²) in [6.45, 7) is 4.58. The van der Waals surface area contributed by atoms with Crippen LogP contribution in [0.2, 0.25) is 0 Å². The van der Waals surface area contributed by atoms with Gasteiger partial charge in [-0.3, -0.25) is 9.59 Å². The van der Waals surface area contributed by atoms with Gasteiger partial charge in [0.25, 0.3) is 5.91 Å². The second-order valence-electron chi connectivity index (χ2n) is 7.56. The third-order valence-electron chi connectivity index (χ3n) is 4.88. The lowest BCUT2D eigenvalue weighted by Gasteiger charge is -2.10. The van der Waals surface area contributed by atoms with Crippen molar-refractivity contribution in [1.82, 2.24) is 5.32 Å². The minimum atomic E-state index is -1.05. The molecule has 1 atom stereocenters. The van der Waals surface area contributed by atoms with Crippen LogP contribution in [0, 0.1) is 0 Å². The molecule has 1 amide bonds. The number of aliphatic carboxylic acids is 1. The van der Waals surface area contributed by atoms with E-state index in [0.29, 0.717) is 5.56 Å². The van der Waals surface area contributed by atoms with Gasteiger partial charge in [-0.15, -0.1) is 0 Å². The Labute approximate surface area is 176 Å². The third-order valence-corrected chi connectivity index (χ3v) is 4.88. The molecule has 0 aliphatic carbocycles. The average molecular weight is 403 g/mol. The number of unbranched alkanes of at least 4 members (excludes halogenated alkanes) is 8. The van der Waals surface area contributed by atoms with Crippen LogP contribution in [-0.2, 0) is 4.79 Å². The first-order valence-corrected chi connectivity index (χ1v) is 11.1. The molecular weight excluding hydrogens is 364 g/mol. The van der Waals surface area contributed by atoms with E-state index in [9.17, 15) is 9.59 Å². The maximum atomic E-state index is 12.0. The largest absolute Gasteiger partial charge is 0.480 e. The van der Waals surface area contributed by atoms with Crippen molar-refractivity contribution in [3.8, 4) is 0 Å². The lowest BCUT2D eigenvalue weighted by molar-refractivity contribution is -0.138. The second-order valence-corrected chi connectivity index (χ2v) is 7.56. The van der Waals surface area contributed by atoms with Crippen LogP contribution in [0.15, 0.2) is 36.4 Å². The van der Waals surface area contributed by atoms with Crippen LogP contribution < -0.4 is 10.6 Å². The molecule has 5 nitrogen and oxygen atoms in total. The molecule has 0 radical (unpaired) electrons. The third kappa shape index (κ3) is 12.0. The molecule has 0 aliphatic rings. The van der Waals surface area contributed by atoms with E-state index in [1.165, 1.54) is 58.3 Å². The molecule has 162 valence electrons. The zero-order valence-corrected chi connectivity index (χ0v) is 18.1. The van der Waals surface area contributed by atoms with E-state index in [4.69, 9.17) is 5.11 Å². The van der Waals surface area contributed by atoms with Gasteiger partial charge in [0.1, 0.15) is 6.04 Å². The Morgan fingerprint density at radius 1 is 0.931 bits per heavy atom. The van der Waals surface area contributed by atoms with E-state index in [0.717, 1.165) is 25.1 Å². The number of allylic oxidation sites excluding steroid dienone is 2. The number of amides is 1. The highest BCUT2D eigenvalue weighted by Crippen LogP contribution is 2.11. The SMILES string of the molecule is CCCCCCCCC/C=C/CCCNc1ccc(C(=O)NC(C)C(=O)O)cc1. The molecular formula is C24H38N2O3. The van der Waals surface area contributed by atoms with Gasteiger partial charge in [-0.25, -0.2) is 0 Å². The second kappa shape index (κ2) is 15.6. The van der Waals surface area contributed by atoms with Gasteiger partial charge in [-0.2, -0.15) is 0 Å². The van der Waals surface area contributed by atoms with Crippen LogP contribution >= 0.6 is 0 Å². The van der Waals surface area contributed by atoms with E-state index in [1.807, 2.05) is 12.1 Å². The molecule has 0 fully saturated rings. The monoisotopic (exact) mass is 402 g/mol. The summed E-state index contributed by atoms with van der Waals surface area (Å²) in [6.07, 6.45) is 17.4. The minimum Gasteiger partial charge on any atom is -0.480 e. The van der Waals surface area contributed by atoms with Crippen LogP contribution in [-0.4, -0.2) is 29.6 Å². The van der Waals surface area contributed by atoms with Crippen molar-refractivity contribution >= 4 is 17.6 Å². The van der Waals surface area contributed by atoms with Crippen LogP contribution in [0.4, 0.5) is 5.69 Å². The highest BCUT2D eigenvalue weighted by molar-refractivity contribution is 5.96. The molecule has 5 heteroatoms. The molecule has 3 N–H and O–H groups in total. The number of hydrogen-bond acceptors (Lipinski definition) is 3. The van der Waals surface area contributed by atoms with Crippen molar-refractivity contribution in [2.24, 2.45) is 0 Å². The Balaban J connectivity index is 2.10. The summed E-state index contributed by atoms with van der Waals surface area (Å²) in [7, 11) is 0. The molecule has 1 aromatic rings. The van der Waals surface area contributed by atoms with Gasteiger partial charge in [-0.05, 0) is 56.9 Å². The smallest absolute Gasteiger partial charge is 0.325 e. The molecule has 1 aromatic carbocycles. The standard InChI is InChI=1S/C24H38N2O3/c1-3-4-5-6-7-8-9-10-11-12-13-14-19-25-22-17-15-21(16-18-22)23(27)26-20(2)24(28)29/h11-12,15-18,20,25H,3-10,13-14,19H2,1-2H3,(H,26,27)(H,28,29)/b12-11+. The fourth-order valence-corrected chi connectivity index (χ4v) is 2.99. The molecule has 1 unspecified atom stereocenters. The van der Waals surface area contributed by atoms with E-state index in [2.05, 4.69) is 29.7 Å². The zero-order valence-electron chi connectivity index (χ0n) is 18.1. The Morgan fingerprint density at radius 2 is 1.52 bits per heavy atom. The Kier molecular flexibility index (Phi) is 13.3. The first-order chi connectivity index (χ1) is 14.0. The molecule has 0 saturated carbocycles. The van der Waals surface area contributed by atoms with Crippen LogP contribution in [0.25, 0.3) is 0 Å². The van der Waals surface area contributed by atoms with Gasteiger partial charge in [-0.1, -0.05) is 57.6 Å². The molecule has 29 heavy (non-hydrogen) atoms. The normalized spacial score (nSPS) is 12.1. The molecule has 0 aromatic heterocycles. The fourth-order valence-electron chi connectivity index (χ4n) is 2.99. The van der Waals surface area contributed by atoms with Gasteiger partial charge in [0, 0.05) is 17.8 Å². The number of anilines is 1. The molecule has 0 heterocycles. The molecule has 1 rings (SSSR count). The number of carboxylic acids is 1. The summed E-state index contributed by atoms with van der Waals surface area (Å²) >= 11 is 0. The van der Waals surface area contributed by atoms with Crippen molar-refractivity contribution in [2.45, 2.75) is 84.1 Å². The quantitative estimate of drug-likeness (QED) is 0.242. The van der Waals surface area contributed by atoms with Gasteiger partial charge < -0.3 is 15.7 Å². The molecule has 0 aliphatic heterocycles. The first-order valence-electron chi connectivity index (χ1n) is 11.1. The summed E-state index contributed by atoms with van der Waals surface area (Å²) in [6, 6.07) is 6.19. The van der Waals surface area contributed by atoms with Crippen LogP contribution in [0.3, 0.4) is 0 Å². The van der Waals surface area contributed by atoms with Gasteiger partial charge >= 0.3 is 5.97 Å². The maximum Gasteiger partial charge on any atom is 0.325 e. The fraction of sp³-hybridized carbons (Fsp3) is 0.583. The van der Waals surface area contributed by atoms with E-state index in [1.54, 1.807) is 12.1 Å². The van der Waals surface area contributed by atoms with Crippen molar-refractivity contribution in [1.29, 1.82) is 0 Å². The Morgan fingerprint density at radius 3 is 2.14 bits per heavy atom. The number of carbonyl (C=O) groups is 2. The average Bonchev–Trinajstić information content (AvgIpc) is 2.71. The number of hydrogen-bond donors (Lipinski definition) is 3. The van der Waals surface area contributed by atoms with Crippen LogP contribution in [0.5, 0.6) is 0 Å². The Hall–Kier alpha value is -2.30. The van der Waals surface area contributed by atoms with Crippen molar-refractivity contribution in [3.63, 3.8) is 0 Å². The van der Waals surface area contributed by atoms with Crippen molar-refractivity contribution in [3.05, 3.63) is 42.0 Å². The van der Waals surface area contributed by atoms with Crippen molar-refractivity contribution in [2.75, 3.05) is 11.9 Å². The van der Waals surface area contributed by atoms with E-state index < -0.39 is 12.0 Å². The molecule has 0 bridgehead atoms. The number of nitrogens with one attached hydrogen (secondary N) is 2. The van der Waals surface area contributed by atoms with Crippen molar-refractivity contribution < 1.29 is 14.7 Å². The van der Waals surface area contributed by atoms with E-state index >= 15 is 0 Å². The van der Waals surface area contributed by atoms with Gasteiger partial charge in [0.15, 0.2) is 0 Å². The highest BCUT2D eigenvalue weighted by atomic mass is 16.4. The Bertz CT molecular complexity index is 611. The lowest BCUT2D eigenvalue weighted by atomic mass is 10.1. The summed E-state index contributed by atoms with van der Waals surface area (Å²) in [5.74, 6) is -1.43. The number of benzene rings is 1. The first kappa shape index (κ1) is 24.7. The topological polar surface area (TPSA) is 78.4 Å². The molecule has 0 saturated heterocycles. The van der Waals surface area contributed by atoms with E-state index in [-0.39, 0.29) is 5.91 Å². The summed E-state index contributed by atoms with van der Waals surface area (Å²) < 4.78 is 0. The predicted molar refractivity (Wildman–Crippen MR) is 120 cm³/mol. The van der Waals surface area contributed by atoms with Gasteiger partial charge in [0.05, 0.1) is 0 Å². The number of rotatable bonds is 16. The number of carbonyl (C=O) groups excluding carboxylic acids is 1. The summed E-state index contributed by atoms with van der Waals surface area (Å²) in [5, 5.41) is 14.6. The number of carboxylic acid groups (broad SMARTS) is 1. The lowest BCUT2D eigenvalue weighted by Crippen LogP contribution is -2.38. The molecule has 0 spiro atoms. The summed E-state index contributed by atoms with van der Waals surface area (Å²) in [4.78, 5) is 22.7. The minimum absolute atomic E-state index is 0.377. The van der Waals surface area contributed by atoms with Crippen LogP contribution in [0.1, 0.15) is 88.4 Å². The zero-order chi connectivity index (χ0) is 21.3. The highest BCUT2D eigenvalue weighted by Gasteiger charge is 2.14.